The van der Waals surface area contributed by atoms with Crippen molar-refractivity contribution in [2.75, 3.05) is 40.3 Å². The Kier molecular flexibility index (Phi) is 6.08. The highest BCUT2D eigenvalue weighted by atomic mass is 32.2. The molecule has 12 heteroatoms. The molecular weight excluding hydrogens is 418 g/mol. The van der Waals surface area contributed by atoms with Crippen molar-refractivity contribution in [2.24, 2.45) is 0 Å². The minimum Gasteiger partial charge on any atom is -0.337 e. The van der Waals surface area contributed by atoms with Crippen LogP contribution >= 0.6 is 0 Å². The third kappa shape index (κ3) is 4.34. The number of carbonyl (C=O) groups is 1. The number of aromatic amines is 1. The average Bonchev–Trinajstić information content (AvgIpc) is 3.13. The molecule has 3 rings (SSSR count). The number of hydrogen-bond acceptors (Lipinski definition) is 6. The van der Waals surface area contributed by atoms with E-state index in [1.807, 2.05) is 0 Å². The maximum Gasteiger partial charge on any atom is 0.260 e. The normalized spacial score (nSPS) is 16.7. The van der Waals surface area contributed by atoms with Gasteiger partial charge in [-0.2, -0.15) is 4.31 Å². The van der Waals surface area contributed by atoms with E-state index in [2.05, 4.69) is 9.97 Å². The monoisotopic (exact) mass is 441 g/mol. The summed E-state index contributed by atoms with van der Waals surface area (Å²) in [7, 11) is -4.37. The summed E-state index contributed by atoms with van der Waals surface area (Å²) in [6.45, 7) is 1.11. The largest absolute Gasteiger partial charge is 0.337 e. The maximum absolute atomic E-state index is 12.8. The van der Waals surface area contributed by atoms with Crippen LogP contribution in [0.4, 0.5) is 0 Å². The Labute approximate surface area is 170 Å². The lowest BCUT2D eigenvalue weighted by atomic mass is 10.2. The van der Waals surface area contributed by atoms with Crippen LogP contribution < -0.4 is 0 Å². The SMILES string of the molecule is CN(C)S(=O)(=O)c1ccc(C(=O)N2CCCN(S(=O)(=O)c3cnc[nH]3)CC2)cc1. The zero-order valence-corrected chi connectivity index (χ0v) is 17.8. The first-order valence-electron chi connectivity index (χ1n) is 8.94. The number of amides is 1. The Hall–Kier alpha value is -2.28. The second kappa shape index (κ2) is 8.22. The van der Waals surface area contributed by atoms with Gasteiger partial charge in [0.1, 0.15) is 0 Å². The van der Waals surface area contributed by atoms with Crippen molar-refractivity contribution in [3.8, 4) is 0 Å². The van der Waals surface area contributed by atoms with Gasteiger partial charge in [0.15, 0.2) is 5.03 Å². The van der Waals surface area contributed by atoms with E-state index >= 15 is 0 Å². The molecule has 1 aromatic heterocycles. The maximum atomic E-state index is 12.8. The van der Waals surface area contributed by atoms with Crippen molar-refractivity contribution >= 4 is 26.0 Å². The van der Waals surface area contributed by atoms with Gasteiger partial charge in [-0.05, 0) is 30.7 Å². The van der Waals surface area contributed by atoms with E-state index in [-0.39, 0.29) is 28.9 Å². The van der Waals surface area contributed by atoms with E-state index in [0.717, 1.165) is 4.31 Å². The number of aromatic nitrogens is 2. The van der Waals surface area contributed by atoms with Crippen LogP contribution in [0.15, 0.2) is 46.7 Å². The zero-order valence-electron chi connectivity index (χ0n) is 16.1. The van der Waals surface area contributed by atoms with Crippen LogP contribution in [0, 0.1) is 0 Å². The topological polar surface area (TPSA) is 124 Å². The van der Waals surface area contributed by atoms with Gasteiger partial charge in [0.25, 0.3) is 15.9 Å². The van der Waals surface area contributed by atoms with Crippen LogP contribution in [0.25, 0.3) is 0 Å². The molecule has 0 saturated carbocycles. The molecule has 1 fully saturated rings. The van der Waals surface area contributed by atoms with Crippen molar-refractivity contribution < 1.29 is 21.6 Å². The number of benzene rings is 1. The molecule has 0 spiro atoms. The second-order valence-corrected chi connectivity index (χ2v) is 10.8. The molecule has 0 atom stereocenters. The molecule has 2 aromatic rings. The smallest absolute Gasteiger partial charge is 0.260 e. The molecule has 1 aliphatic heterocycles. The predicted molar refractivity (Wildman–Crippen MR) is 105 cm³/mol. The Bertz CT molecular complexity index is 1060. The van der Waals surface area contributed by atoms with Crippen LogP contribution in [0.1, 0.15) is 16.8 Å². The summed E-state index contributed by atoms with van der Waals surface area (Å²) in [4.78, 5) is 20.9. The summed E-state index contributed by atoms with van der Waals surface area (Å²) in [6.07, 6.45) is 3.05. The van der Waals surface area contributed by atoms with Crippen LogP contribution in [-0.2, 0) is 20.0 Å². The average molecular weight is 442 g/mol. The Morgan fingerprint density at radius 3 is 2.31 bits per heavy atom. The molecule has 158 valence electrons. The van der Waals surface area contributed by atoms with E-state index < -0.39 is 20.0 Å². The predicted octanol–water partition coefficient (Wildman–Crippen LogP) is 0.197. The first-order valence-corrected chi connectivity index (χ1v) is 11.8. The molecule has 1 saturated heterocycles. The van der Waals surface area contributed by atoms with Gasteiger partial charge in [0.05, 0.1) is 17.4 Å². The van der Waals surface area contributed by atoms with Gasteiger partial charge in [0.2, 0.25) is 10.0 Å². The van der Waals surface area contributed by atoms with Gasteiger partial charge < -0.3 is 9.88 Å². The number of hydrogen-bond donors (Lipinski definition) is 1. The molecule has 10 nitrogen and oxygen atoms in total. The second-order valence-electron chi connectivity index (χ2n) is 6.78. The van der Waals surface area contributed by atoms with Crippen molar-refractivity contribution in [3.05, 3.63) is 42.4 Å². The lowest BCUT2D eigenvalue weighted by Gasteiger charge is -2.21. The molecule has 2 heterocycles. The number of nitrogens with one attached hydrogen (secondary N) is 1. The molecular formula is C17H23N5O5S2. The standard InChI is InChI=1S/C17H23N5O5S2/c1-20(2)28(24,25)15-6-4-14(5-7-15)17(23)21-8-3-9-22(11-10-21)29(26,27)16-12-18-13-19-16/h4-7,12-13H,3,8-11H2,1-2H3,(H,18,19). The third-order valence-electron chi connectivity index (χ3n) is 4.71. The number of nitrogens with zero attached hydrogens (tertiary/aromatic N) is 4. The van der Waals surface area contributed by atoms with Gasteiger partial charge >= 0.3 is 0 Å². The van der Waals surface area contributed by atoms with Gasteiger partial charge in [0, 0.05) is 45.8 Å². The molecule has 1 aromatic carbocycles. The summed E-state index contributed by atoms with van der Waals surface area (Å²) in [5.41, 5.74) is 0.354. The van der Waals surface area contributed by atoms with Gasteiger partial charge in [-0.3, -0.25) is 4.79 Å². The highest BCUT2D eigenvalue weighted by Gasteiger charge is 2.29. The molecule has 0 aliphatic carbocycles. The first-order chi connectivity index (χ1) is 13.6. The first kappa shape index (κ1) is 21.4. The number of rotatable bonds is 5. The number of imidazole rings is 1. The molecule has 0 unspecified atom stereocenters. The Morgan fingerprint density at radius 2 is 1.72 bits per heavy atom. The van der Waals surface area contributed by atoms with E-state index in [0.29, 0.717) is 25.1 Å². The fraction of sp³-hybridized carbons (Fsp3) is 0.412. The van der Waals surface area contributed by atoms with Crippen molar-refractivity contribution in [1.29, 1.82) is 0 Å². The molecule has 0 bridgehead atoms. The number of carbonyl (C=O) groups excluding carboxylic acids is 1. The van der Waals surface area contributed by atoms with Gasteiger partial charge in [-0.15, -0.1) is 0 Å². The highest BCUT2D eigenvalue weighted by Crippen LogP contribution is 2.18. The van der Waals surface area contributed by atoms with E-state index in [4.69, 9.17) is 0 Å². The van der Waals surface area contributed by atoms with Gasteiger partial charge in [-0.25, -0.2) is 26.1 Å². The minimum absolute atomic E-state index is 0.0231. The van der Waals surface area contributed by atoms with Crippen LogP contribution in [0.2, 0.25) is 0 Å². The Balaban J connectivity index is 1.71. The van der Waals surface area contributed by atoms with Crippen molar-refractivity contribution in [1.82, 2.24) is 23.5 Å². The number of H-pyrrole nitrogens is 1. The third-order valence-corrected chi connectivity index (χ3v) is 8.37. The van der Waals surface area contributed by atoms with Gasteiger partial charge in [-0.1, -0.05) is 0 Å². The van der Waals surface area contributed by atoms with Crippen LogP contribution in [0.3, 0.4) is 0 Å². The summed E-state index contributed by atoms with van der Waals surface area (Å²) in [5, 5.41) is 0.0231. The summed E-state index contributed by atoms with van der Waals surface area (Å²) < 4.78 is 52.0. The highest BCUT2D eigenvalue weighted by molar-refractivity contribution is 7.89. The summed E-state index contributed by atoms with van der Waals surface area (Å²) in [6, 6.07) is 5.75. The summed E-state index contributed by atoms with van der Waals surface area (Å²) in [5.74, 6) is -0.264. The van der Waals surface area contributed by atoms with E-state index in [1.165, 1.54) is 55.2 Å². The molecule has 1 N–H and O–H groups in total. The van der Waals surface area contributed by atoms with Crippen molar-refractivity contribution in [3.63, 3.8) is 0 Å². The van der Waals surface area contributed by atoms with E-state index in [1.54, 1.807) is 4.90 Å². The molecule has 1 amide bonds. The molecule has 0 radical (unpaired) electrons. The van der Waals surface area contributed by atoms with Crippen LogP contribution in [0.5, 0.6) is 0 Å². The molecule has 29 heavy (non-hydrogen) atoms. The van der Waals surface area contributed by atoms with Crippen LogP contribution in [-0.4, -0.2) is 86.5 Å². The number of sulfonamides is 2. The minimum atomic E-state index is -3.68. The lowest BCUT2D eigenvalue weighted by molar-refractivity contribution is 0.0764. The quantitative estimate of drug-likeness (QED) is 0.707. The lowest BCUT2D eigenvalue weighted by Crippen LogP contribution is -2.37. The fourth-order valence-corrected chi connectivity index (χ4v) is 5.29. The van der Waals surface area contributed by atoms with Crippen molar-refractivity contribution in [2.45, 2.75) is 16.3 Å². The van der Waals surface area contributed by atoms with E-state index in [9.17, 15) is 21.6 Å². The Morgan fingerprint density at radius 1 is 1.03 bits per heavy atom. The zero-order chi connectivity index (χ0) is 21.2. The molecule has 1 aliphatic rings. The summed E-state index contributed by atoms with van der Waals surface area (Å²) >= 11 is 0. The fourth-order valence-electron chi connectivity index (χ4n) is 3.02.